The molecule has 1 atom stereocenters. The maximum atomic E-state index is 11.8. The second-order valence-electron chi connectivity index (χ2n) is 4.95. The number of amides is 1. The van der Waals surface area contributed by atoms with Gasteiger partial charge >= 0.3 is 0 Å². The molecule has 1 N–H and O–H groups in total. The van der Waals surface area contributed by atoms with Gasteiger partial charge in [-0.05, 0) is 40.9 Å². The van der Waals surface area contributed by atoms with E-state index >= 15 is 0 Å². The number of carbonyl (C=O) groups is 1. The fourth-order valence-corrected chi connectivity index (χ4v) is 2.48. The first-order valence-corrected chi connectivity index (χ1v) is 7.09. The molecule has 5 nitrogen and oxygen atoms in total. The molecule has 2 heterocycles. The summed E-state index contributed by atoms with van der Waals surface area (Å²) in [5.74, 6) is -0.169. The van der Waals surface area contributed by atoms with Gasteiger partial charge in [-0.2, -0.15) is 0 Å². The predicted molar refractivity (Wildman–Crippen MR) is 72.8 cm³/mol. The van der Waals surface area contributed by atoms with Crippen LogP contribution in [0.25, 0.3) is 0 Å². The number of hydrogen-bond acceptors (Lipinski definition) is 4. The van der Waals surface area contributed by atoms with Crippen LogP contribution in [0.15, 0.2) is 21.2 Å². The fraction of sp³-hybridized carbons (Fsp3) is 0.615. The Morgan fingerprint density at radius 2 is 2.16 bits per heavy atom. The smallest absolute Gasteiger partial charge is 0.287 e. The molecule has 0 spiro atoms. The Morgan fingerprint density at radius 3 is 2.74 bits per heavy atom. The molecule has 1 aromatic rings. The van der Waals surface area contributed by atoms with E-state index in [-0.39, 0.29) is 11.8 Å². The lowest BCUT2D eigenvalue weighted by atomic mass is 10.0. The quantitative estimate of drug-likeness (QED) is 0.900. The van der Waals surface area contributed by atoms with Gasteiger partial charge in [0.15, 0.2) is 16.2 Å². The monoisotopic (exact) mass is 331 g/mol. The SMILES string of the molecule is C[C@H](CNC(=O)c1ccc(Br)o1)CC1(C)OCCO1. The number of furan rings is 1. The predicted octanol–water partition coefficient (Wildman–Crippen LogP) is 2.56. The highest BCUT2D eigenvalue weighted by atomic mass is 79.9. The Morgan fingerprint density at radius 1 is 1.47 bits per heavy atom. The zero-order chi connectivity index (χ0) is 13.9. The Bertz CT molecular complexity index is 440. The van der Waals surface area contributed by atoms with E-state index < -0.39 is 5.79 Å². The number of hydrogen-bond donors (Lipinski definition) is 1. The largest absolute Gasteiger partial charge is 0.444 e. The van der Waals surface area contributed by atoms with E-state index in [0.29, 0.717) is 30.2 Å². The second kappa shape index (κ2) is 6.07. The maximum absolute atomic E-state index is 11.8. The van der Waals surface area contributed by atoms with E-state index in [9.17, 15) is 4.79 Å². The first-order valence-electron chi connectivity index (χ1n) is 6.30. The fourth-order valence-electron chi connectivity index (χ4n) is 2.17. The summed E-state index contributed by atoms with van der Waals surface area (Å²) in [7, 11) is 0. The molecule has 0 aromatic carbocycles. The first-order chi connectivity index (χ1) is 8.98. The summed E-state index contributed by atoms with van der Waals surface area (Å²) < 4.78 is 16.8. The molecule has 1 aromatic heterocycles. The van der Waals surface area contributed by atoms with Crippen molar-refractivity contribution >= 4 is 21.8 Å². The summed E-state index contributed by atoms with van der Waals surface area (Å²) in [4.78, 5) is 11.8. The highest BCUT2D eigenvalue weighted by molar-refractivity contribution is 9.10. The van der Waals surface area contributed by atoms with Crippen LogP contribution in [0.2, 0.25) is 0 Å². The average Bonchev–Trinajstić information content (AvgIpc) is 2.95. The van der Waals surface area contributed by atoms with Crippen LogP contribution in [0.5, 0.6) is 0 Å². The molecule has 0 radical (unpaired) electrons. The Balaban J connectivity index is 1.77. The van der Waals surface area contributed by atoms with Crippen molar-refractivity contribution in [3.8, 4) is 0 Å². The third-order valence-electron chi connectivity index (χ3n) is 3.03. The molecule has 0 bridgehead atoms. The van der Waals surface area contributed by atoms with Crippen molar-refractivity contribution in [1.29, 1.82) is 0 Å². The van der Waals surface area contributed by atoms with E-state index in [1.807, 2.05) is 6.92 Å². The Labute approximate surface area is 120 Å². The van der Waals surface area contributed by atoms with Gasteiger partial charge in [0.25, 0.3) is 5.91 Å². The highest BCUT2D eigenvalue weighted by Crippen LogP contribution is 2.26. The molecule has 0 unspecified atom stereocenters. The molecule has 1 fully saturated rings. The molecule has 1 amide bonds. The van der Waals surface area contributed by atoms with Gasteiger partial charge in [-0.15, -0.1) is 0 Å². The van der Waals surface area contributed by atoms with Crippen molar-refractivity contribution in [2.24, 2.45) is 5.92 Å². The lowest BCUT2D eigenvalue weighted by molar-refractivity contribution is -0.153. The molecular formula is C13H18BrNO4. The number of ether oxygens (including phenoxy) is 2. The van der Waals surface area contributed by atoms with Crippen molar-refractivity contribution < 1.29 is 18.7 Å². The Kier molecular flexibility index (Phi) is 4.65. The van der Waals surface area contributed by atoms with Crippen molar-refractivity contribution in [1.82, 2.24) is 5.32 Å². The van der Waals surface area contributed by atoms with Gasteiger partial charge in [0.05, 0.1) is 13.2 Å². The van der Waals surface area contributed by atoms with E-state index in [1.165, 1.54) is 0 Å². The Hall–Kier alpha value is -0.850. The van der Waals surface area contributed by atoms with Crippen LogP contribution in [-0.4, -0.2) is 31.5 Å². The summed E-state index contributed by atoms with van der Waals surface area (Å²) in [6.45, 7) is 5.81. The van der Waals surface area contributed by atoms with Crippen LogP contribution < -0.4 is 5.32 Å². The van der Waals surface area contributed by atoms with Crippen molar-refractivity contribution in [2.75, 3.05) is 19.8 Å². The third-order valence-corrected chi connectivity index (χ3v) is 3.45. The molecule has 2 rings (SSSR count). The van der Waals surface area contributed by atoms with E-state index in [0.717, 1.165) is 6.42 Å². The minimum Gasteiger partial charge on any atom is -0.444 e. The van der Waals surface area contributed by atoms with Gasteiger partial charge in [-0.3, -0.25) is 4.79 Å². The van der Waals surface area contributed by atoms with Gasteiger partial charge in [-0.25, -0.2) is 0 Å². The van der Waals surface area contributed by atoms with Gasteiger partial charge < -0.3 is 19.2 Å². The second-order valence-corrected chi connectivity index (χ2v) is 5.74. The number of halogens is 1. The molecule has 1 aliphatic heterocycles. The standard InChI is InChI=1S/C13H18BrNO4/c1-9(7-13(2)17-5-6-18-13)8-15-12(16)10-3-4-11(14)19-10/h3-4,9H,5-8H2,1-2H3,(H,15,16)/t9-/m0/s1. The van der Waals surface area contributed by atoms with Crippen LogP contribution in [0.3, 0.4) is 0 Å². The van der Waals surface area contributed by atoms with Crippen molar-refractivity contribution in [3.63, 3.8) is 0 Å². The molecule has 0 aliphatic carbocycles. The van der Waals surface area contributed by atoms with Gasteiger partial charge in [-0.1, -0.05) is 6.92 Å². The van der Waals surface area contributed by atoms with Crippen LogP contribution in [0, 0.1) is 5.92 Å². The zero-order valence-electron chi connectivity index (χ0n) is 11.1. The number of nitrogens with one attached hydrogen (secondary N) is 1. The minimum absolute atomic E-state index is 0.212. The normalized spacial score (nSPS) is 19.3. The molecular weight excluding hydrogens is 314 g/mol. The summed E-state index contributed by atoms with van der Waals surface area (Å²) >= 11 is 3.17. The third kappa shape index (κ3) is 4.06. The van der Waals surface area contributed by atoms with Crippen molar-refractivity contribution in [2.45, 2.75) is 26.1 Å². The zero-order valence-corrected chi connectivity index (χ0v) is 12.7. The molecule has 106 valence electrons. The van der Waals surface area contributed by atoms with Crippen LogP contribution in [0.4, 0.5) is 0 Å². The number of rotatable bonds is 5. The molecule has 6 heteroatoms. The molecule has 1 aliphatic rings. The van der Waals surface area contributed by atoms with Gasteiger partial charge in [0.2, 0.25) is 0 Å². The molecule has 1 saturated heterocycles. The maximum Gasteiger partial charge on any atom is 0.287 e. The van der Waals surface area contributed by atoms with Crippen molar-refractivity contribution in [3.05, 3.63) is 22.6 Å². The first kappa shape index (κ1) is 14.6. The van der Waals surface area contributed by atoms with Gasteiger partial charge in [0, 0.05) is 13.0 Å². The molecule has 19 heavy (non-hydrogen) atoms. The summed E-state index contributed by atoms with van der Waals surface area (Å²) in [5.41, 5.74) is 0. The van der Waals surface area contributed by atoms with Gasteiger partial charge in [0.1, 0.15) is 0 Å². The minimum atomic E-state index is -0.516. The summed E-state index contributed by atoms with van der Waals surface area (Å²) in [5, 5.41) is 2.84. The topological polar surface area (TPSA) is 60.7 Å². The lowest BCUT2D eigenvalue weighted by Crippen LogP contribution is -2.34. The van der Waals surface area contributed by atoms with E-state index in [1.54, 1.807) is 12.1 Å². The summed E-state index contributed by atoms with van der Waals surface area (Å²) in [6, 6.07) is 3.33. The highest BCUT2D eigenvalue weighted by Gasteiger charge is 2.32. The van der Waals surface area contributed by atoms with Crippen LogP contribution >= 0.6 is 15.9 Å². The summed E-state index contributed by atoms with van der Waals surface area (Å²) in [6.07, 6.45) is 0.745. The number of carbonyl (C=O) groups excluding carboxylic acids is 1. The van der Waals surface area contributed by atoms with Crippen LogP contribution in [0.1, 0.15) is 30.8 Å². The van der Waals surface area contributed by atoms with E-state index in [4.69, 9.17) is 13.9 Å². The van der Waals surface area contributed by atoms with Crippen LogP contribution in [-0.2, 0) is 9.47 Å². The molecule has 0 saturated carbocycles. The van der Waals surface area contributed by atoms with E-state index in [2.05, 4.69) is 28.2 Å². The average molecular weight is 332 g/mol. The lowest BCUT2D eigenvalue weighted by Gasteiger charge is -2.25.